The molecular formula is C69H59F2Ir4N5O4-4. The predicted molar refractivity (Wildman–Crippen MR) is 315 cm³/mol. The number of fused-ring (bicyclic) bond motifs is 2. The van der Waals surface area contributed by atoms with Crippen LogP contribution in [0.25, 0.3) is 66.7 Å². The Morgan fingerprint density at radius 2 is 0.988 bits per heavy atom. The fraction of sp³-hybridized carbons (Fsp3) is 0.116. The molecule has 15 heteroatoms. The minimum absolute atomic E-state index is 0. The van der Waals surface area contributed by atoms with Gasteiger partial charge in [-0.15, -0.1) is 120 Å². The van der Waals surface area contributed by atoms with Gasteiger partial charge in [0.15, 0.2) is 5.78 Å². The van der Waals surface area contributed by atoms with Crippen LogP contribution in [0, 0.1) is 46.7 Å². The molecule has 0 saturated carbocycles. The van der Waals surface area contributed by atoms with Gasteiger partial charge in [0.25, 0.3) is 0 Å². The Kier molecular flexibility index (Phi) is 32.2. The average Bonchev–Trinajstić information content (AvgIpc) is 3.56. The van der Waals surface area contributed by atoms with Crippen molar-refractivity contribution in [2.24, 2.45) is 10.8 Å². The van der Waals surface area contributed by atoms with Crippen LogP contribution in [0.3, 0.4) is 0 Å². The van der Waals surface area contributed by atoms with Crippen LogP contribution < -0.4 is 0 Å². The number of carbonyl (C=O) groups is 2. The van der Waals surface area contributed by atoms with Crippen molar-refractivity contribution in [2.75, 3.05) is 0 Å². The molecule has 0 aliphatic carbocycles. The Balaban J connectivity index is 0.000000344. The van der Waals surface area contributed by atoms with Gasteiger partial charge in [-0.2, -0.15) is 0 Å². The molecule has 0 aliphatic rings. The zero-order valence-corrected chi connectivity index (χ0v) is 56.1. The number of aromatic carboxylic acids is 1. The first-order valence-electron chi connectivity index (χ1n) is 25.4. The maximum Gasteiger partial charge on any atom is 0.354 e. The number of aromatic nitrogens is 5. The van der Waals surface area contributed by atoms with Crippen molar-refractivity contribution in [3.63, 3.8) is 0 Å². The number of benzene rings is 6. The number of halogens is 2. The number of aliphatic hydroxyl groups is 1. The van der Waals surface area contributed by atoms with Crippen molar-refractivity contribution in [1.82, 2.24) is 24.9 Å². The summed E-state index contributed by atoms with van der Waals surface area (Å²) in [6.45, 7) is 11.1. The molecule has 11 aromatic rings. The van der Waals surface area contributed by atoms with Gasteiger partial charge in [0.2, 0.25) is 0 Å². The molecular weight excluding hydrogens is 1770 g/mol. The molecule has 0 amide bonds. The number of hydrogen-bond donors (Lipinski definition) is 2. The van der Waals surface area contributed by atoms with Crippen molar-refractivity contribution in [2.45, 2.75) is 41.5 Å². The quantitative estimate of drug-likeness (QED) is 0.0946. The van der Waals surface area contributed by atoms with E-state index in [0.717, 1.165) is 51.4 Å². The Hall–Kier alpha value is -7.27. The molecule has 9 nitrogen and oxygen atoms in total. The largest absolute Gasteiger partial charge is 0.512 e. The molecule has 11 rings (SSSR count). The Bertz CT molecular complexity index is 3670. The number of carboxylic acid groups (broad SMARTS) is 1. The summed E-state index contributed by atoms with van der Waals surface area (Å²) in [7, 11) is 0. The first kappa shape index (κ1) is 72.8. The van der Waals surface area contributed by atoms with Crippen molar-refractivity contribution in [3.8, 4) is 45.0 Å². The molecule has 0 bridgehead atoms. The standard InChI is InChI=1S/2C15H10N.C11H6F2N.C11H8N.C11H20O2.C6H5NO2.4Ir/c1-2-7-13(8-3-1)15-14-9-5-4-6-12(14)10-11-16-15;1-2-6-12(7-3-1)15-11-10-13-8-4-5-9-14(13)16-15;12-8-4-5-9(10(13)7-8)11-3-1-2-6-14-11;1-2-6-10(7-3-1)11-8-4-5-9-12-11;1-10(2,3)8(12)7-9(13)11(4,5)6;8-6(9)5-3-1-2-4-7-5;;;;/h1-7,9-11H;1-6,8-11H;1-4,6-7H;1-6,8-9H;7,12H,1-6H3;1-4H,(H,8,9);;;;/q4*-1;;;;;;. The van der Waals surface area contributed by atoms with E-state index in [1.54, 1.807) is 42.7 Å². The summed E-state index contributed by atoms with van der Waals surface area (Å²) in [5, 5.41) is 21.4. The van der Waals surface area contributed by atoms with Crippen LogP contribution in [0.5, 0.6) is 0 Å². The first-order valence-corrected chi connectivity index (χ1v) is 25.4. The molecule has 4 radical (unpaired) electrons. The molecule has 0 spiro atoms. The van der Waals surface area contributed by atoms with Gasteiger partial charge >= 0.3 is 5.97 Å². The van der Waals surface area contributed by atoms with Crippen LogP contribution in [0.1, 0.15) is 52.0 Å². The number of carboxylic acids is 1. The number of aliphatic hydroxyl groups excluding tert-OH is 1. The van der Waals surface area contributed by atoms with E-state index in [9.17, 15) is 23.5 Å². The van der Waals surface area contributed by atoms with Crippen LogP contribution in [-0.4, -0.2) is 46.9 Å². The number of pyridine rings is 5. The molecule has 84 heavy (non-hydrogen) atoms. The van der Waals surface area contributed by atoms with E-state index in [4.69, 9.17) is 5.11 Å². The van der Waals surface area contributed by atoms with Crippen LogP contribution in [0.4, 0.5) is 8.78 Å². The summed E-state index contributed by atoms with van der Waals surface area (Å²) < 4.78 is 25.8. The van der Waals surface area contributed by atoms with Gasteiger partial charge in [0.05, 0.1) is 5.52 Å². The fourth-order valence-corrected chi connectivity index (χ4v) is 6.92. The van der Waals surface area contributed by atoms with Gasteiger partial charge in [-0.1, -0.05) is 138 Å². The molecule has 0 aliphatic heterocycles. The van der Waals surface area contributed by atoms with Crippen LogP contribution in [0.2, 0.25) is 0 Å². The van der Waals surface area contributed by atoms with Gasteiger partial charge in [0, 0.05) is 134 Å². The molecule has 2 N–H and O–H groups in total. The maximum atomic E-state index is 13.2. The summed E-state index contributed by atoms with van der Waals surface area (Å²) in [6, 6.07) is 75.9. The van der Waals surface area contributed by atoms with Crippen LogP contribution in [0.15, 0.2) is 243 Å². The van der Waals surface area contributed by atoms with Crippen molar-refractivity contribution < 1.29 is 109 Å². The summed E-state index contributed by atoms with van der Waals surface area (Å²) in [5.74, 6) is -2.17. The summed E-state index contributed by atoms with van der Waals surface area (Å²) >= 11 is 0. The molecule has 0 atom stereocenters. The molecule has 6 aromatic carbocycles. The SMILES string of the molecule is CC(C)(C)C(=O)C=C(O)C(C)(C)C.Fc1c[c-]c(-c2ccccn2)c(F)c1.O=C(O)c1ccccn1.[Ir].[Ir].[Ir].[Ir].[c-]1ccccc1-c1ccc2ccccc2n1.[c-]1ccccc1-c1ccccn1.[c-]1ccccc1-c1nccc2ccccc12. The minimum Gasteiger partial charge on any atom is -0.512 e. The number of rotatable bonds is 6. The van der Waals surface area contributed by atoms with Crippen molar-refractivity contribution in [3.05, 3.63) is 284 Å². The van der Waals surface area contributed by atoms with Gasteiger partial charge in [-0.3, -0.25) is 18.6 Å². The normalized spacial score (nSPS) is 10.3. The number of allylic oxidation sites excluding steroid dienone is 2. The van der Waals surface area contributed by atoms with Crippen molar-refractivity contribution >= 4 is 33.4 Å². The second-order valence-electron chi connectivity index (χ2n) is 19.5. The minimum atomic E-state index is -0.990. The summed E-state index contributed by atoms with van der Waals surface area (Å²) in [6.07, 6.45) is 7.96. The molecule has 5 heterocycles. The van der Waals surface area contributed by atoms with Crippen LogP contribution >= 0.6 is 0 Å². The van der Waals surface area contributed by atoms with E-state index in [1.165, 1.54) is 34.5 Å². The summed E-state index contributed by atoms with van der Waals surface area (Å²) in [5.41, 5.74) is 7.04. The van der Waals surface area contributed by atoms with E-state index in [1.807, 2.05) is 181 Å². The zero-order chi connectivity index (χ0) is 57.3. The monoisotopic (exact) mass is 1830 g/mol. The third-order valence-corrected chi connectivity index (χ3v) is 11.3. The molecule has 0 fully saturated rings. The van der Waals surface area contributed by atoms with Crippen molar-refractivity contribution in [1.29, 1.82) is 0 Å². The van der Waals surface area contributed by atoms with Gasteiger partial charge in [-0.25, -0.2) is 9.78 Å². The van der Waals surface area contributed by atoms with E-state index >= 15 is 0 Å². The number of ketones is 1. The Morgan fingerprint density at radius 1 is 0.476 bits per heavy atom. The van der Waals surface area contributed by atoms with Gasteiger partial charge < -0.3 is 25.2 Å². The third-order valence-electron chi connectivity index (χ3n) is 11.3. The number of para-hydroxylation sites is 1. The molecule has 0 saturated heterocycles. The molecule has 0 unspecified atom stereocenters. The smallest absolute Gasteiger partial charge is 0.354 e. The number of hydrogen-bond acceptors (Lipinski definition) is 8. The van der Waals surface area contributed by atoms with E-state index in [2.05, 4.69) is 73.5 Å². The van der Waals surface area contributed by atoms with Gasteiger partial charge in [0.1, 0.15) is 11.5 Å². The Morgan fingerprint density at radius 3 is 1.49 bits per heavy atom. The topological polar surface area (TPSA) is 139 Å². The molecule has 438 valence electrons. The van der Waals surface area contributed by atoms with E-state index in [-0.39, 0.29) is 109 Å². The zero-order valence-electron chi connectivity index (χ0n) is 46.6. The predicted octanol–water partition coefficient (Wildman–Crippen LogP) is 16.6. The second-order valence-corrected chi connectivity index (χ2v) is 19.5. The van der Waals surface area contributed by atoms with Gasteiger partial charge in [-0.05, 0) is 75.3 Å². The first-order chi connectivity index (χ1) is 38.5. The molecule has 5 aromatic heterocycles. The van der Waals surface area contributed by atoms with E-state index < -0.39 is 23.0 Å². The second kappa shape index (κ2) is 37.1. The Labute approximate surface area is 544 Å². The summed E-state index contributed by atoms with van der Waals surface area (Å²) in [4.78, 5) is 42.4. The third kappa shape index (κ3) is 23.8. The number of nitrogens with zero attached hydrogens (tertiary/aromatic N) is 5. The maximum absolute atomic E-state index is 13.2. The van der Waals surface area contributed by atoms with E-state index in [0.29, 0.717) is 5.69 Å². The fourth-order valence-electron chi connectivity index (χ4n) is 6.92. The van der Waals surface area contributed by atoms with Crippen LogP contribution in [-0.2, 0) is 85.2 Å². The average molecular weight is 1830 g/mol. The number of carbonyl (C=O) groups excluding carboxylic acids is 1.